The molecule has 2 amide bonds. The average Bonchev–Trinajstić information content (AvgIpc) is 2.75. The fourth-order valence-corrected chi connectivity index (χ4v) is 5.01. The van der Waals surface area contributed by atoms with Gasteiger partial charge in [-0.25, -0.2) is 8.42 Å². The number of aryl methyl sites for hydroxylation is 1. The zero-order chi connectivity index (χ0) is 23.0. The van der Waals surface area contributed by atoms with Crippen molar-refractivity contribution in [2.24, 2.45) is 0 Å². The average molecular weight is 469 g/mol. The molecule has 1 heterocycles. The summed E-state index contributed by atoms with van der Waals surface area (Å²) in [6, 6.07) is 16.5. The second-order valence-electron chi connectivity index (χ2n) is 7.31. The van der Waals surface area contributed by atoms with E-state index in [0.29, 0.717) is 10.7 Å². The molecule has 0 saturated carbocycles. The summed E-state index contributed by atoms with van der Waals surface area (Å²) < 4.78 is 25.9. The van der Waals surface area contributed by atoms with Crippen molar-refractivity contribution in [1.29, 1.82) is 0 Å². The lowest BCUT2D eigenvalue weighted by molar-refractivity contribution is -0.115. The van der Waals surface area contributed by atoms with E-state index in [9.17, 15) is 22.8 Å². The van der Waals surface area contributed by atoms with Gasteiger partial charge in [-0.2, -0.15) is 0 Å². The zero-order valence-corrected chi connectivity index (χ0v) is 18.3. The van der Waals surface area contributed by atoms with Crippen LogP contribution in [0.3, 0.4) is 0 Å². The number of hydrogen-bond donors (Lipinski definition) is 2. The van der Waals surface area contributed by atoms with Gasteiger partial charge in [-0.1, -0.05) is 29.3 Å². The molecule has 32 heavy (non-hydrogen) atoms. The lowest BCUT2D eigenvalue weighted by Crippen LogP contribution is -2.45. The number of Topliss-reactive ketones (excluding diaryl/α,β-unsaturated/α-hetero) is 1. The molecule has 1 unspecified atom stereocenters. The molecule has 4 rings (SSSR count). The van der Waals surface area contributed by atoms with Gasteiger partial charge in [0, 0.05) is 21.8 Å². The lowest BCUT2D eigenvalue weighted by atomic mass is 9.99. The first-order valence-corrected chi connectivity index (χ1v) is 11.5. The molecule has 3 aromatic carbocycles. The van der Waals surface area contributed by atoms with Crippen LogP contribution >= 0.6 is 11.6 Å². The van der Waals surface area contributed by atoms with Crippen molar-refractivity contribution in [3.05, 3.63) is 88.4 Å². The molecule has 0 bridgehead atoms. The molecule has 162 valence electrons. The summed E-state index contributed by atoms with van der Waals surface area (Å²) in [5.41, 5.74) is 1.93. The van der Waals surface area contributed by atoms with Gasteiger partial charge in [0.05, 0.1) is 10.6 Å². The van der Waals surface area contributed by atoms with Crippen LogP contribution in [0.5, 0.6) is 0 Å². The van der Waals surface area contributed by atoms with Crippen molar-refractivity contribution in [2.75, 3.05) is 10.6 Å². The van der Waals surface area contributed by atoms with E-state index in [1.807, 2.05) is 19.1 Å². The highest BCUT2D eigenvalue weighted by Crippen LogP contribution is 2.30. The van der Waals surface area contributed by atoms with Crippen LogP contribution in [0.25, 0.3) is 0 Å². The lowest BCUT2D eigenvalue weighted by Gasteiger charge is -2.24. The smallest absolute Gasteiger partial charge is 0.255 e. The summed E-state index contributed by atoms with van der Waals surface area (Å²) in [5, 5.41) is 3.58. The standard InChI is InChI=1S/C23H17ClN2O5S/c1-13-2-7-16(8-3-13)25-22(28)14-4-11-18-19(12-14)26-23(29)21(20(18)27)32(30,31)17-9-5-15(24)6-10-17/h2-12,21H,1H3,(H,25,28)(H,26,29). The van der Waals surface area contributed by atoms with Crippen LogP contribution in [0.2, 0.25) is 5.02 Å². The number of halogens is 1. The van der Waals surface area contributed by atoms with Gasteiger partial charge in [0.25, 0.3) is 11.8 Å². The summed E-state index contributed by atoms with van der Waals surface area (Å²) in [6.45, 7) is 1.93. The van der Waals surface area contributed by atoms with Crippen LogP contribution in [0.4, 0.5) is 11.4 Å². The molecule has 2 N–H and O–H groups in total. The third-order valence-corrected chi connectivity index (χ3v) is 7.27. The third-order valence-electron chi connectivity index (χ3n) is 5.04. The number of amides is 2. The summed E-state index contributed by atoms with van der Waals surface area (Å²) in [6.07, 6.45) is 0. The van der Waals surface area contributed by atoms with E-state index in [1.165, 1.54) is 42.5 Å². The molecule has 1 aliphatic heterocycles. The number of ketones is 1. The molecule has 0 saturated heterocycles. The maximum Gasteiger partial charge on any atom is 0.255 e. The van der Waals surface area contributed by atoms with Crippen molar-refractivity contribution in [2.45, 2.75) is 17.1 Å². The first kappa shape index (κ1) is 21.7. The first-order valence-electron chi connectivity index (χ1n) is 9.53. The molecule has 7 nitrogen and oxygen atoms in total. The van der Waals surface area contributed by atoms with E-state index >= 15 is 0 Å². The Morgan fingerprint density at radius 1 is 0.969 bits per heavy atom. The predicted molar refractivity (Wildman–Crippen MR) is 121 cm³/mol. The number of carbonyl (C=O) groups is 3. The Labute approximate surface area is 189 Å². The maximum atomic E-state index is 13.0. The Kier molecular flexibility index (Phi) is 5.58. The molecular weight excluding hydrogens is 452 g/mol. The summed E-state index contributed by atoms with van der Waals surface area (Å²) in [5.74, 6) is -2.27. The molecule has 0 aromatic heterocycles. The van der Waals surface area contributed by atoms with E-state index in [2.05, 4.69) is 10.6 Å². The van der Waals surface area contributed by atoms with Crippen molar-refractivity contribution in [3.63, 3.8) is 0 Å². The van der Waals surface area contributed by atoms with Gasteiger partial charge in [-0.3, -0.25) is 14.4 Å². The highest BCUT2D eigenvalue weighted by molar-refractivity contribution is 7.93. The molecule has 0 radical (unpaired) electrons. The van der Waals surface area contributed by atoms with Crippen molar-refractivity contribution in [1.82, 2.24) is 0 Å². The SMILES string of the molecule is Cc1ccc(NC(=O)c2ccc3c(c2)NC(=O)C(S(=O)(=O)c2ccc(Cl)cc2)C3=O)cc1. The number of anilines is 2. The largest absolute Gasteiger partial charge is 0.324 e. The number of nitrogens with one attached hydrogen (secondary N) is 2. The highest BCUT2D eigenvalue weighted by Gasteiger charge is 2.44. The Morgan fingerprint density at radius 2 is 1.62 bits per heavy atom. The topological polar surface area (TPSA) is 109 Å². The minimum Gasteiger partial charge on any atom is -0.324 e. The van der Waals surface area contributed by atoms with Crippen LogP contribution in [-0.4, -0.2) is 31.3 Å². The second kappa shape index (κ2) is 8.22. The van der Waals surface area contributed by atoms with E-state index in [-0.39, 0.29) is 21.7 Å². The Morgan fingerprint density at radius 3 is 2.28 bits per heavy atom. The number of sulfone groups is 1. The molecule has 1 aliphatic rings. The Bertz CT molecular complexity index is 1350. The van der Waals surface area contributed by atoms with Crippen LogP contribution < -0.4 is 10.6 Å². The minimum atomic E-state index is -4.29. The van der Waals surface area contributed by atoms with Crippen LogP contribution in [0, 0.1) is 6.92 Å². The monoisotopic (exact) mass is 468 g/mol. The van der Waals surface area contributed by atoms with Crippen molar-refractivity contribution >= 4 is 50.4 Å². The molecular formula is C23H17ClN2O5S. The fourth-order valence-electron chi connectivity index (χ4n) is 3.34. The van der Waals surface area contributed by atoms with Gasteiger partial charge >= 0.3 is 0 Å². The number of hydrogen-bond acceptors (Lipinski definition) is 5. The van der Waals surface area contributed by atoms with E-state index in [4.69, 9.17) is 11.6 Å². The highest BCUT2D eigenvalue weighted by atomic mass is 35.5. The van der Waals surface area contributed by atoms with Crippen molar-refractivity contribution in [3.8, 4) is 0 Å². The molecule has 1 atom stereocenters. The van der Waals surface area contributed by atoms with E-state index in [0.717, 1.165) is 5.56 Å². The molecule has 9 heteroatoms. The third kappa shape index (κ3) is 4.02. The number of rotatable bonds is 4. The molecule has 3 aromatic rings. The number of carbonyl (C=O) groups excluding carboxylic acids is 3. The Balaban J connectivity index is 1.62. The molecule has 0 fully saturated rings. The molecule has 0 aliphatic carbocycles. The second-order valence-corrected chi connectivity index (χ2v) is 9.78. The van der Waals surface area contributed by atoms with Gasteiger partial charge in [0.15, 0.2) is 15.6 Å². The van der Waals surface area contributed by atoms with Crippen LogP contribution in [0.15, 0.2) is 71.6 Å². The number of fused-ring (bicyclic) bond motifs is 1. The normalized spacial score (nSPS) is 15.6. The summed E-state index contributed by atoms with van der Waals surface area (Å²) in [4.78, 5) is 38.0. The Hall–Kier alpha value is -3.49. The van der Waals surface area contributed by atoms with Gasteiger partial charge in [-0.05, 0) is 61.5 Å². The summed E-state index contributed by atoms with van der Waals surface area (Å²) >= 11 is 5.80. The zero-order valence-electron chi connectivity index (χ0n) is 16.8. The van der Waals surface area contributed by atoms with Gasteiger partial charge < -0.3 is 10.6 Å². The van der Waals surface area contributed by atoms with Crippen molar-refractivity contribution < 1.29 is 22.8 Å². The van der Waals surface area contributed by atoms with Gasteiger partial charge in [0.2, 0.25) is 5.25 Å². The van der Waals surface area contributed by atoms with E-state index in [1.54, 1.807) is 12.1 Å². The summed E-state index contributed by atoms with van der Waals surface area (Å²) in [7, 11) is -4.29. The van der Waals surface area contributed by atoms with Gasteiger partial charge in [-0.15, -0.1) is 0 Å². The van der Waals surface area contributed by atoms with Gasteiger partial charge in [0.1, 0.15) is 0 Å². The first-order chi connectivity index (χ1) is 15.2. The van der Waals surface area contributed by atoms with Crippen LogP contribution in [-0.2, 0) is 14.6 Å². The quantitative estimate of drug-likeness (QED) is 0.565. The van der Waals surface area contributed by atoms with Crippen LogP contribution in [0.1, 0.15) is 26.3 Å². The fraction of sp³-hybridized carbons (Fsp3) is 0.0870. The maximum absolute atomic E-state index is 13.0. The predicted octanol–water partition coefficient (Wildman–Crippen LogP) is 3.88. The van der Waals surface area contributed by atoms with E-state index < -0.39 is 32.7 Å². The minimum absolute atomic E-state index is 0.0130. The molecule has 0 spiro atoms. The number of benzene rings is 3.